The van der Waals surface area contributed by atoms with Gasteiger partial charge in [0.15, 0.2) is 5.78 Å². The van der Waals surface area contributed by atoms with Crippen molar-refractivity contribution < 1.29 is 35.8 Å². The molecule has 0 fully saturated rings. The smallest absolute Gasteiger partial charge is 0.162 e. The first-order valence-electron chi connectivity index (χ1n) is 18.0. The van der Waals surface area contributed by atoms with E-state index >= 15 is 0 Å². The Kier molecular flexibility index (Phi) is 13.0. The average molecular weight is 842 g/mol. The number of hydrogen-bond acceptors (Lipinski definition) is 6. The molecular formula is C42H54IrN3O3-. The number of aliphatic hydroxyl groups is 1. The number of aromatic nitrogens is 3. The molecule has 0 spiro atoms. The monoisotopic (exact) mass is 842 g/mol. The maximum Gasteiger partial charge on any atom is 0.162 e. The number of carbonyl (C=O) groups excluding carboxylic acids is 1. The second-order valence-corrected chi connectivity index (χ2v) is 15.2. The molecule has 1 N–H and O–H groups in total. The molecule has 1 radical (unpaired) electrons. The molecule has 0 aliphatic carbocycles. The van der Waals surface area contributed by atoms with Crippen LogP contribution in [0.2, 0.25) is 0 Å². The number of aryl methyl sites for hydroxylation is 1. The number of carbonyl (C=O) groups is 1. The van der Waals surface area contributed by atoms with Crippen LogP contribution in [-0.2, 0) is 36.7 Å². The van der Waals surface area contributed by atoms with Crippen LogP contribution < -0.4 is 0 Å². The van der Waals surface area contributed by atoms with Gasteiger partial charge in [-0.2, -0.15) is 0 Å². The van der Waals surface area contributed by atoms with Crippen molar-refractivity contribution in [2.75, 3.05) is 0 Å². The molecule has 0 saturated heterocycles. The summed E-state index contributed by atoms with van der Waals surface area (Å²) in [5.41, 5.74) is 7.71. The zero-order chi connectivity index (χ0) is 36.3. The predicted molar refractivity (Wildman–Crippen MR) is 199 cm³/mol. The first-order valence-corrected chi connectivity index (χ1v) is 17.5. The Labute approximate surface area is 308 Å². The van der Waals surface area contributed by atoms with Crippen molar-refractivity contribution in [2.45, 2.75) is 114 Å². The molecule has 0 aliphatic rings. The van der Waals surface area contributed by atoms with Gasteiger partial charge in [0.25, 0.3) is 0 Å². The van der Waals surface area contributed by atoms with Crippen LogP contribution in [0.15, 0.2) is 59.0 Å². The molecule has 0 bridgehead atoms. The van der Waals surface area contributed by atoms with Gasteiger partial charge in [0.1, 0.15) is 24.4 Å². The number of rotatable bonds is 9. The van der Waals surface area contributed by atoms with Gasteiger partial charge >= 0.3 is 0 Å². The Morgan fingerprint density at radius 1 is 0.939 bits per heavy atom. The summed E-state index contributed by atoms with van der Waals surface area (Å²) in [6.45, 7) is 23.3. The third kappa shape index (κ3) is 9.64. The number of fused-ring (bicyclic) bond motifs is 4. The number of furan rings is 1. The molecule has 3 aromatic heterocycles. The summed E-state index contributed by atoms with van der Waals surface area (Å²) >= 11 is 0. The van der Waals surface area contributed by atoms with Crippen LogP contribution in [0.5, 0.6) is 0 Å². The van der Waals surface area contributed by atoms with E-state index in [1.807, 2.05) is 46.8 Å². The fourth-order valence-electron chi connectivity index (χ4n) is 6.22. The Morgan fingerprint density at radius 2 is 1.59 bits per heavy atom. The standard InChI is InChI=1S/C29H30N3O.C13H24O2.Ir/c1-17-8-10-19-13-20(14-22(24(19)32-17)29(5,6)7)25-27-26(31-16-30-25)21-11-9-18(12-23(21)33-27)15-28(2,3)4;1-5-10(6-2)12(14)9-13(15)11(7-3)8-4;/h8-12,14,16H,15H2,1-7H3;9-11,14H,5-8H2,1-4H3;/q-1;;/b;12-9-;/i16D;;. The van der Waals surface area contributed by atoms with E-state index in [1.54, 1.807) is 0 Å². The molecule has 0 amide bonds. The van der Waals surface area contributed by atoms with E-state index in [-0.39, 0.29) is 60.6 Å². The Balaban J connectivity index is 0.000000361. The quantitative estimate of drug-likeness (QED) is 0.0903. The van der Waals surface area contributed by atoms with Gasteiger partial charge in [-0.05, 0) is 67.6 Å². The van der Waals surface area contributed by atoms with Crippen molar-refractivity contribution in [3.8, 4) is 11.3 Å². The van der Waals surface area contributed by atoms with Crippen LogP contribution in [-0.4, -0.2) is 25.8 Å². The Morgan fingerprint density at radius 3 is 2.18 bits per heavy atom. The summed E-state index contributed by atoms with van der Waals surface area (Å²) in [5, 5.41) is 11.6. The number of aliphatic hydroxyl groups excluding tert-OH is 1. The number of hydrogen-bond donors (Lipinski definition) is 1. The van der Waals surface area contributed by atoms with E-state index in [4.69, 9.17) is 10.8 Å². The summed E-state index contributed by atoms with van der Waals surface area (Å²) in [4.78, 5) is 25.5. The summed E-state index contributed by atoms with van der Waals surface area (Å²) in [7, 11) is 0. The van der Waals surface area contributed by atoms with Crippen LogP contribution in [0, 0.1) is 30.2 Å². The van der Waals surface area contributed by atoms with Crippen LogP contribution >= 0.6 is 0 Å². The van der Waals surface area contributed by atoms with Crippen molar-refractivity contribution in [1.29, 1.82) is 0 Å². The van der Waals surface area contributed by atoms with Crippen molar-refractivity contribution >= 4 is 38.8 Å². The molecule has 0 saturated carbocycles. The SMILES string of the molecule is CCC(CC)C(=O)/C=C(\O)C(CC)CC.[2H]c1nc(-c2[c-]c3ccc(C)nc3c(C(C)(C)C)c2)c2oc3cc(CC(C)(C)C)ccc3c2n1.[Ir]. The summed E-state index contributed by atoms with van der Waals surface area (Å²) in [6, 6.07) is 15.9. The third-order valence-electron chi connectivity index (χ3n) is 8.99. The van der Waals surface area contributed by atoms with Crippen LogP contribution in [0.3, 0.4) is 0 Å². The number of nitrogens with zero attached hydrogens (tertiary/aromatic N) is 3. The Bertz CT molecular complexity index is 1980. The largest absolute Gasteiger partial charge is 0.512 e. The fraction of sp³-hybridized carbons (Fsp3) is 0.476. The van der Waals surface area contributed by atoms with E-state index in [1.165, 1.54) is 11.6 Å². The maximum atomic E-state index is 11.7. The molecule has 49 heavy (non-hydrogen) atoms. The number of pyridine rings is 1. The van der Waals surface area contributed by atoms with Gasteiger partial charge < -0.3 is 9.52 Å². The van der Waals surface area contributed by atoms with Crippen LogP contribution in [0.25, 0.3) is 44.2 Å². The van der Waals surface area contributed by atoms with Crippen molar-refractivity contribution in [2.24, 2.45) is 17.3 Å². The minimum atomic E-state index is -0.130. The maximum absolute atomic E-state index is 11.7. The molecule has 0 aliphatic heterocycles. The minimum absolute atomic E-state index is 0. The molecule has 3 heterocycles. The predicted octanol–water partition coefficient (Wildman–Crippen LogP) is 11.5. The second kappa shape index (κ2) is 16.5. The average Bonchev–Trinajstić information content (AvgIpc) is 3.37. The molecule has 2 aromatic carbocycles. The first-order chi connectivity index (χ1) is 23.0. The molecule has 0 atom stereocenters. The van der Waals surface area contributed by atoms with Gasteiger partial charge in [-0.3, -0.25) is 14.8 Å². The fourth-order valence-corrected chi connectivity index (χ4v) is 6.22. The van der Waals surface area contributed by atoms with E-state index in [0.717, 1.165) is 70.8 Å². The van der Waals surface area contributed by atoms with Crippen LogP contribution in [0.4, 0.5) is 0 Å². The van der Waals surface area contributed by atoms with Gasteiger partial charge in [0, 0.05) is 54.6 Å². The summed E-state index contributed by atoms with van der Waals surface area (Å²) in [6.07, 6.45) is 5.82. The number of benzene rings is 2. The van der Waals surface area contributed by atoms with Crippen LogP contribution in [0.1, 0.15) is 113 Å². The molecular weight excluding hydrogens is 787 g/mol. The second-order valence-electron chi connectivity index (χ2n) is 15.2. The zero-order valence-electron chi connectivity index (χ0n) is 32.2. The summed E-state index contributed by atoms with van der Waals surface area (Å²) < 4.78 is 14.7. The van der Waals surface area contributed by atoms with E-state index in [9.17, 15) is 9.90 Å². The normalized spacial score (nSPS) is 12.8. The van der Waals surface area contributed by atoms with Crippen molar-refractivity contribution in [3.63, 3.8) is 0 Å². The third-order valence-corrected chi connectivity index (χ3v) is 8.99. The number of ketones is 1. The van der Waals surface area contributed by atoms with Gasteiger partial charge in [-0.15, -0.1) is 18.2 Å². The van der Waals surface area contributed by atoms with Gasteiger partial charge in [-0.1, -0.05) is 97.9 Å². The van der Waals surface area contributed by atoms with Crippen molar-refractivity contribution in [3.05, 3.63) is 77.4 Å². The topological polar surface area (TPSA) is 89.1 Å². The van der Waals surface area contributed by atoms with E-state index in [2.05, 4.69) is 81.8 Å². The summed E-state index contributed by atoms with van der Waals surface area (Å²) in [5.74, 6) is 0.547. The zero-order valence-corrected chi connectivity index (χ0v) is 33.6. The molecule has 7 heteroatoms. The molecule has 5 rings (SSSR count). The molecule has 0 unspecified atom stereocenters. The van der Waals surface area contributed by atoms with Gasteiger partial charge in [0.05, 0.1) is 11.5 Å². The molecule has 5 aromatic rings. The van der Waals surface area contributed by atoms with Crippen molar-refractivity contribution in [1.82, 2.24) is 15.0 Å². The minimum Gasteiger partial charge on any atom is -0.512 e. The molecule has 265 valence electrons. The first kappa shape index (κ1) is 38.4. The number of allylic oxidation sites excluding steroid dienone is 2. The molecule has 6 nitrogen and oxygen atoms in total. The van der Waals surface area contributed by atoms with Gasteiger partial charge in [0.2, 0.25) is 0 Å². The van der Waals surface area contributed by atoms with E-state index in [0.29, 0.717) is 16.8 Å². The van der Waals surface area contributed by atoms with E-state index < -0.39 is 0 Å². The Hall–Kier alpha value is -3.41. The van der Waals surface area contributed by atoms with Gasteiger partial charge in [-0.25, -0.2) is 4.98 Å².